The molecule has 1 amide bonds. The van der Waals surface area contributed by atoms with Crippen molar-refractivity contribution in [2.24, 2.45) is 13.0 Å². The smallest absolute Gasteiger partial charge is 0.270 e. The lowest BCUT2D eigenvalue weighted by atomic mass is 9.75. The van der Waals surface area contributed by atoms with Gasteiger partial charge in [-0.2, -0.15) is 5.10 Å². The van der Waals surface area contributed by atoms with Gasteiger partial charge in [-0.25, -0.2) is 4.98 Å². The van der Waals surface area contributed by atoms with Crippen molar-refractivity contribution in [3.05, 3.63) is 64.5 Å². The molecular weight excluding hydrogens is 334 g/mol. The van der Waals surface area contributed by atoms with Crippen LogP contribution in [0.25, 0.3) is 5.65 Å². The summed E-state index contributed by atoms with van der Waals surface area (Å²) in [7, 11) is 1.80. The molecule has 8 heteroatoms. The Balaban J connectivity index is 1.64. The Kier molecular flexibility index (Phi) is 4.04. The molecule has 1 saturated carbocycles. The fourth-order valence-corrected chi connectivity index (χ4v) is 3.38. The van der Waals surface area contributed by atoms with Crippen molar-refractivity contribution >= 4 is 11.6 Å². The highest BCUT2D eigenvalue weighted by Crippen LogP contribution is 2.38. The molecule has 3 aromatic rings. The van der Waals surface area contributed by atoms with Gasteiger partial charge in [-0.1, -0.05) is 6.07 Å². The highest BCUT2D eigenvalue weighted by molar-refractivity contribution is 5.94. The van der Waals surface area contributed by atoms with E-state index in [-0.39, 0.29) is 23.6 Å². The van der Waals surface area contributed by atoms with Crippen LogP contribution >= 0.6 is 0 Å². The molecule has 0 unspecified atom stereocenters. The van der Waals surface area contributed by atoms with Crippen LogP contribution in [0.3, 0.4) is 0 Å². The van der Waals surface area contributed by atoms with Gasteiger partial charge in [0.15, 0.2) is 0 Å². The molecule has 4 rings (SSSR count). The third kappa shape index (κ3) is 2.88. The van der Waals surface area contributed by atoms with E-state index >= 15 is 0 Å². The van der Waals surface area contributed by atoms with Crippen LogP contribution in [0.15, 0.2) is 47.8 Å². The second-order valence-corrected chi connectivity index (χ2v) is 6.69. The van der Waals surface area contributed by atoms with E-state index in [2.05, 4.69) is 15.4 Å². The molecule has 0 aliphatic heterocycles. The number of carbonyl (C=O) groups excluding carboxylic acids is 1. The second-order valence-electron chi connectivity index (χ2n) is 6.69. The quantitative estimate of drug-likeness (QED) is 0.718. The van der Waals surface area contributed by atoms with E-state index in [1.54, 1.807) is 42.3 Å². The molecule has 0 spiro atoms. The van der Waals surface area contributed by atoms with Crippen molar-refractivity contribution in [2.75, 3.05) is 0 Å². The molecular formula is C18H19N5O3. The lowest BCUT2D eigenvalue weighted by molar-refractivity contribution is 0.0235. The van der Waals surface area contributed by atoms with Crippen molar-refractivity contribution in [1.82, 2.24) is 24.5 Å². The summed E-state index contributed by atoms with van der Waals surface area (Å²) in [6, 6.07) is 4.89. The minimum atomic E-state index is -0.476. The van der Waals surface area contributed by atoms with Crippen LogP contribution < -0.4 is 10.9 Å². The molecule has 134 valence electrons. The van der Waals surface area contributed by atoms with Crippen LogP contribution in [0.4, 0.5) is 0 Å². The van der Waals surface area contributed by atoms with Crippen LogP contribution in [0, 0.1) is 5.92 Å². The van der Waals surface area contributed by atoms with E-state index in [9.17, 15) is 14.7 Å². The highest BCUT2D eigenvalue weighted by Gasteiger charge is 2.36. The normalized spacial score (nSPS) is 20.5. The Bertz CT molecular complexity index is 1020. The first-order valence-corrected chi connectivity index (χ1v) is 8.47. The Morgan fingerprint density at radius 3 is 2.85 bits per heavy atom. The lowest BCUT2D eigenvalue weighted by Gasteiger charge is -2.37. The van der Waals surface area contributed by atoms with E-state index in [1.807, 2.05) is 6.20 Å². The number of aromatic nitrogens is 4. The largest absolute Gasteiger partial charge is 0.393 e. The van der Waals surface area contributed by atoms with Crippen LogP contribution in [-0.4, -0.2) is 36.3 Å². The first-order chi connectivity index (χ1) is 12.5. The van der Waals surface area contributed by atoms with E-state index in [0.29, 0.717) is 18.5 Å². The Hall–Kier alpha value is -3.00. The van der Waals surface area contributed by atoms with Gasteiger partial charge in [0.05, 0.1) is 18.3 Å². The second kappa shape index (κ2) is 6.38. The summed E-state index contributed by atoms with van der Waals surface area (Å²) in [4.78, 5) is 29.6. The van der Waals surface area contributed by atoms with Crippen LogP contribution in [0.5, 0.6) is 0 Å². The van der Waals surface area contributed by atoms with Crippen molar-refractivity contribution < 1.29 is 9.90 Å². The number of hydrogen-bond acceptors (Lipinski definition) is 5. The zero-order valence-electron chi connectivity index (χ0n) is 14.2. The van der Waals surface area contributed by atoms with E-state index in [4.69, 9.17) is 0 Å². The van der Waals surface area contributed by atoms with Gasteiger partial charge < -0.3 is 10.4 Å². The Labute approximate surface area is 149 Å². The molecule has 8 nitrogen and oxygen atoms in total. The van der Waals surface area contributed by atoms with Gasteiger partial charge in [-0.05, 0) is 30.9 Å². The van der Waals surface area contributed by atoms with Gasteiger partial charge in [0.25, 0.3) is 11.5 Å². The zero-order valence-corrected chi connectivity index (χ0v) is 14.2. The van der Waals surface area contributed by atoms with E-state index < -0.39 is 11.5 Å². The van der Waals surface area contributed by atoms with Crippen LogP contribution in [-0.2, 0) is 7.05 Å². The zero-order chi connectivity index (χ0) is 18.3. The predicted octanol–water partition coefficient (Wildman–Crippen LogP) is 0.670. The number of nitrogens with one attached hydrogen (secondary N) is 1. The average Bonchev–Trinajstić information content (AvgIpc) is 3.04. The highest BCUT2D eigenvalue weighted by atomic mass is 16.3. The average molecular weight is 353 g/mol. The summed E-state index contributed by atoms with van der Waals surface area (Å²) in [5.41, 5.74) is 0.917. The monoisotopic (exact) mass is 353 g/mol. The molecule has 2 N–H and O–H groups in total. The number of amides is 1. The van der Waals surface area contributed by atoms with E-state index in [1.165, 1.54) is 10.6 Å². The number of aryl methyl sites for hydroxylation is 1. The summed E-state index contributed by atoms with van der Waals surface area (Å²) in [5.74, 6) is -0.370. The molecule has 1 aliphatic carbocycles. The number of aliphatic hydroxyl groups is 1. The third-order valence-electron chi connectivity index (χ3n) is 4.85. The molecule has 1 fully saturated rings. The molecule has 1 aliphatic rings. The summed E-state index contributed by atoms with van der Waals surface area (Å²) < 4.78 is 3.01. The fraction of sp³-hybridized carbons (Fsp3) is 0.333. The van der Waals surface area contributed by atoms with Gasteiger partial charge >= 0.3 is 0 Å². The summed E-state index contributed by atoms with van der Waals surface area (Å²) in [6.07, 6.45) is 7.29. The minimum Gasteiger partial charge on any atom is -0.393 e. The van der Waals surface area contributed by atoms with E-state index in [0.717, 1.165) is 5.56 Å². The maximum atomic E-state index is 12.8. The van der Waals surface area contributed by atoms with Crippen molar-refractivity contribution in [3.8, 4) is 0 Å². The van der Waals surface area contributed by atoms with Gasteiger partial charge in [-0.3, -0.25) is 18.7 Å². The van der Waals surface area contributed by atoms with Gasteiger partial charge in [0.2, 0.25) is 0 Å². The Morgan fingerprint density at radius 1 is 1.35 bits per heavy atom. The van der Waals surface area contributed by atoms with Crippen molar-refractivity contribution in [3.63, 3.8) is 0 Å². The SMILES string of the molecule is Cn1cc([C@@H](NC(=O)c2cnc3ccccn3c2=O)C2CC(O)C2)cn1. The molecule has 3 aromatic heterocycles. The number of carbonyl (C=O) groups is 1. The van der Waals surface area contributed by atoms with Crippen LogP contribution in [0.1, 0.15) is 34.8 Å². The minimum absolute atomic E-state index is 0.0116. The van der Waals surface area contributed by atoms with Crippen molar-refractivity contribution in [2.45, 2.75) is 25.0 Å². The molecule has 0 bridgehead atoms. The van der Waals surface area contributed by atoms with Crippen molar-refractivity contribution in [1.29, 1.82) is 0 Å². The first-order valence-electron chi connectivity index (χ1n) is 8.47. The van der Waals surface area contributed by atoms with Gasteiger partial charge in [0, 0.05) is 31.2 Å². The first kappa shape index (κ1) is 16.5. The summed E-state index contributed by atoms with van der Waals surface area (Å²) in [6.45, 7) is 0. The number of nitrogens with zero attached hydrogens (tertiary/aromatic N) is 4. The van der Waals surface area contributed by atoms with Crippen LogP contribution in [0.2, 0.25) is 0 Å². The molecule has 1 atom stereocenters. The number of fused-ring (bicyclic) bond motifs is 1. The number of pyridine rings is 1. The maximum absolute atomic E-state index is 12.8. The topological polar surface area (TPSA) is 102 Å². The number of hydrogen-bond donors (Lipinski definition) is 2. The fourth-order valence-electron chi connectivity index (χ4n) is 3.38. The number of aliphatic hydroxyl groups excluding tert-OH is 1. The number of rotatable bonds is 4. The maximum Gasteiger partial charge on any atom is 0.270 e. The summed E-state index contributed by atoms with van der Waals surface area (Å²) >= 11 is 0. The Morgan fingerprint density at radius 2 is 2.15 bits per heavy atom. The summed E-state index contributed by atoms with van der Waals surface area (Å²) in [5, 5.41) is 16.7. The molecule has 3 heterocycles. The van der Waals surface area contributed by atoms with Gasteiger partial charge in [-0.15, -0.1) is 0 Å². The standard InChI is InChI=1S/C18H19N5O3/c1-22-10-12(8-20-22)16(11-6-13(24)7-11)21-17(25)14-9-19-15-4-2-3-5-23(15)18(14)26/h2-5,8-11,13,16,24H,6-7H2,1H3,(H,21,25)/t11?,13?,16-/m0/s1. The lowest BCUT2D eigenvalue weighted by Crippen LogP contribution is -2.42. The molecule has 0 radical (unpaired) electrons. The molecule has 0 saturated heterocycles. The van der Waals surface area contributed by atoms with Gasteiger partial charge in [0.1, 0.15) is 11.2 Å². The molecule has 26 heavy (non-hydrogen) atoms. The third-order valence-corrected chi connectivity index (χ3v) is 4.85. The molecule has 0 aromatic carbocycles. The predicted molar refractivity (Wildman–Crippen MR) is 93.6 cm³/mol.